The number of carbonyl (C=O) groups excluding carboxylic acids is 1. The van der Waals surface area contributed by atoms with Crippen LogP contribution in [0.15, 0.2) is 0 Å². The van der Waals surface area contributed by atoms with E-state index in [0.717, 1.165) is 25.3 Å². The zero-order chi connectivity index (χ0) is 9.68. The number of likely N-dealkylation sites (tertiary alicyclic amines) is 1. The number of nitrogens with zero attached hydrogens (tertiary/aromatic N) is 1. The lowest BCUT2D eigenvalue weighted by atomic mass is 9.93. The normalized spacial score (nSPS) is 24.6. The Hall–Kier alpha value is -0.370. The number of Topliss-reactive ketones (excluding diaryl/α,β-unsaturated/α-hetero) is 1. The Morgan fingerprint density at radius 2 is 2.31 bits per heavy atom. The predicted molar refractivity (Wildman–Crippen MR) is 54.8 cm³/mol. The van der Waals surface area contributed by atoms with Crippen molar-refractivity contribution >= 4 is 5.78 Å². The van der Waals surface area contributed by atoms with E-state index >= 15 is 0 Å². The molecule has 0 bridgehead atoms. The summed E-state index contributed by atoms with van der Waals surface area (Å²) in [6.07, 6.45) is 4.52. The van der Waals surface area contributed by atoms with Crippen molar-refractivity contribution in [3.05, 3.63) is 0 Å². The van der Waals surface area contributed by atoms with Gasteiger partial charge in [0.15, 0.2) is 0 Å². The summed E-state index contributed by atoms with van der Waals surface area (Å²) in [6.45, 7) is 7.54. The molecule has 0 aliphatic carbocycles. The van der Waals surface area contributed by atoms with Crippen LogP contribution in [0.1, 0.15) is 39.5 Å². The number of piperidine rings is 1. The van der Waals surface area contributed by atoms with Crippen molar-refractivity contribution in [3.8, 4) is 0 Å². The van der Waals surface area contributed by atoms with Crippen LogP contribution < -0.4 is 0 Å². The van der Waals surface area contributed by atoms with Gasteiger partial charge in [-0.3, -0.25) is 0 Å². The zero-order valence-electron chi connectivity index (χ0n) is 8.88. The van der Waals surface area contributed by atoms with Gasteiger partial charge in [0.2, 0.25) is 0 Å². The molecule has 0 spiro atoms. The minimum Gasteiger partial charge on any atom is -0.303 e. The highest BCUT2D eigenvalue weighted by Crippen LogP contribution is 2.20. The second-order valence-electron chi connectivity index (χ2n) is 4.14. The first-order chi connectivity index (χ1) is 6.22. The third kappa shape index (κ3) is 3.90. The molecular formula is C11H21NO. The summed E-state index contributed by atoms with van der Waals surface area (Å²) in [7, 11) is 0. The molecule has 13 heavy (non-hydrogen) atoms. The van der Waals surface area contributed by atoms with Crippen LogP contribution >= 0.6 is 0 Å². The second kappa shape index (κ2) is 5.38. The fraction of sp³-hybridized carbons (Fsp3) is 0.909. The quantitative estimate of drug-likeness (QED) is 0.665. The van der Waals surface area contributed by atoms with Gasteiger partial charge in [0, 0.05) is 13.0 Å². The molecule has 2 heteroatoms. The van der Waals surface area contributed by atoms with E-state index in [9.17, 15) is 4.79 Å². The number of ketones is 1. The number of carbonyl (C=O) groups is 1. The van der Waals surface area contributed by atoms with Gasteiger partial charge in [0.25, 0.3) is 0 Å². The first kappa shape index (κ1) is 10.7. The highest BCUT2D eigenvalue weighted by molar-refractivity contribution is 5.75. The van der Waals surface area contributed by atoms with E-state index in [0.29, 0.717) is 5.78 Å². The highest BCUT2D eigenvalue weighted by atomic mass is 16.1. The molecule has 1 saturated heterocycles. The standard InChI is InChI=1S/C11H21NO/c1-3-12-8-4-5-11(9-12)7-6-10(2)13/h11H,3-9H2,1-2H3. The molecule has 0 aromatic heterocycles. The SMILES string of the molecule is CCN1CCCC(CCC(C)=O)C1. The predicted octanol–water partition coefficient (Wildman–Crippen LogP) is 2.09. The Morgan fingerprint density at radius 1 is 1.54 bits per heavy atom. The minimum atomic E-state index is 0.341. The van der Waals surface area contributed by atoms with Crippen LogP contribution in [0.25, 0.3) is 0 Å². The van der Waals surface area contributed by atoms with Crippen LogP contribution in [-0.2, 0) is 4.79 Å². The van der Waals surface area contributed by atoms with Gasteiger partial charge in [-0.05, 0) is 45.2 Å². The van der Waals surface area contributed by atoms with E-state index in [1.807, 2.05) is 0 Å². The maximum atomic E-state index is 10.8. The largest absolute Gasteiger partial charge is 0.303 e. The summed E-state index contributed by atoms with van der Waals surface area (Å²) in [5.41, 5.74) is 0. The molecule has 1 aliphatic rings. The van der Waals surface area contributed by atoms with Crippen molar-refractivity contribution in [1.82, 2.24) is 4.90 Å². The van der Waals surface area contributed by atoms with Crippen molar-refractivity contribution in [3.63, 3.8) is 0 Å². The first-order valence-corrected chi connectivity index (χ1v) is 5.44. The Kier molecular flexibility index (Phi) is 4.43. The molecule has 1 atom stereocenters. The summed E-state index contributed by atoms with van der Waals surface area (Å²) in [6, 6.07) is 0. The van der Waals surface area contributed by atoms with E-state index in [4.69, 9.17) is 0 Å². The molecule has 0 aromatic rings. The van der Waals surface area contributed by atoms with Gasteiger partial charge in [0.05, 0.1) is 0 Å². The highest BCUT2D eigenvalue weighted by Gasteiger charge is 2.18. The zero-order valence-corrected chi connectivity index (χ0v) is 8.88. The summed E-state index contributed by atoms with van der Waals surface area (Å²) in [4.78, 5) is 13.3. The Morgan fingerprint density at radius 3 is 2.92 bits per heavy atom. The van der Waals surface area contributed by atoms with Crippen LogP contribution in [-0.4, -0.2) is 30.3 Å². The van der Waals surface area contributed by atoms with Crippen molar-refractivity contribution < 1.29 is 4.79 Å². The van der Waals surface area contributed by atoms with E-state index in [-0.39, 0.29) is 0 Å². The molecule has 1 unspecified atom stereocenters. The fourth-order valence-corrected chi connectivity index (χ4v) is 2.08. The Balaban J connectivity index is 2.21. The van der Waals surface area contributed by atoms with Crippen LogP contribution in [0, 0.1) is 5.92 Å². The van der Waals surface area contributed by atoms with E-state index in [1.54, 1.807) is 6.92 Å². The molecule has 0 N–H and O–H groups in total. The maximum absolute atomic E-state index is 10.8. The minimum absolute atomic E-state index is 0.341. The van der Waals surface area contributed by atoms with Gasteiger partial charge in [-0.2, -0.15) is 0 Å². The third-order valence-electron chi connectivity index (χ3n) is 2.95. The number of hydrogen-bond donors (Lipinski definition) is 0. The third-order valence-corrected chi connectivity index (χ3v) is 2.95. The second-order valence-corrected chi connectivity index (χ2v) is 4.14. The molecular weight excluding hydrogens is 162 g/mol. The first-order valence-electron chi connectivity index (χ1n) is 5.44. The van der Waals surface area contributed by atoms with Gasteiger partial charge in [-0.1, -0.05) is 6.92 Å². The molecule has 0 saturated carbocycles. The molecule has 1 rings (SSSR count). The molecule has 2 nitrogen and oxygen atoms in total. The smallest absolute Gasteiger partial charge is 0.129 e. The monoisotopic (exact) mass is 183 g/mol. The van der Waals surface area contributed by atoms with E-state index in [1.165, 1.54) is 25.9 Å². The van der Waals surface area contributed by atoms with Gasteiger partial charge >= 0.3 is 0 Å². The molecule has 76 valence electrons. The summed E-state index contributed by atoms with van der Waals surface area (Å²) in [5.74, 6) is 1.12. The number of rotatable bonds is 4. The van der Waals surface area contributed by atoms with Crippen LogP contribution in [0.2, 0.25) is 0 Å². The average molecular weight is 183 g/mol. The van der Waals surface area contributed by atoms with Gasteiger partial charge in [-0.25, -0.2) is 0 Å². The van der Waals surface area contributed by atoms with Crippen molar-refractivity contribution in [2.75, 3.05) is 19.6 Å². The van der Waals surface area contributed by atoms with E-state index < -0.39 is 0 Å². The van der Waals surface area contributed by atoms with Crippen LogP contribution in [0.4, 0.5) is 0 Å². The molecule has 1 fully saturated rings. The summed E-state index contributed by atoms with van der Waals surface area (Å²) in [5, 5.41) is 0. The summed E-state index contributed by atoms with van der Waals surface area (Å²) < 4.78 is 0. The molecule has 1 heterocycles. The molecule has 1 aliphatic heterocycles. The molecule has 0 radical (unpaired) electrons. The molecule has 0 aromatic carbocycles. The molecule has 0 amide bonds. The van der Waals surface area contributed by atoms with Crippen LogP contribution in [0.3, 0.4) is 0 Å². The van der Waals surface area contributed by atoms with E-state index in [2.05, 4.69) is 11.8 Å². The fourth-order valence-electron chi connectivity index (χ4n) is 2.08. The van der Waals surface area contributed by atoms with Crippen LogP contribution in [0.5, 0.6) is 0 Å². The van der Waals surface area contributed by atoms with Crippen molar-refractivity contribution in [2.45, 2.75) is 39.5 Å². The average Bonchev–Trinajstić information content (AvgIpc) is 2.15. The lowest BCUT2D eigenvalue weighted by molar-refractivity contribution is -0.117. The maximum Gasteiger partial charge on any atom is 0.129 e. The Labute approximate surface area is 81.3 Å². The number of hydrogen-bond acceptors (Lipinski definition) is 2. The summed E-state index contributed by atoms with van der Waals surface area (Å²) >= 11 is 0. The van der Waals surface area contributed by atoms with Gasteiger partial charge in [0.1, 0.15) is 5.78 Å². The topological polar surface area (TPSA) is 20.3 Å². The lowest BCUT2D eigenvalue weighted by Gasteiger charge is -2.31. The van der Waals surface area contributed by atoms with Gasteiger partial charge < -0.3 is 9.69 Å². The van der Waals surface area contributed by atoms with Crippen molar-refractivity contribution in [2.24, 2.45) is 5.92 Å². The lowest BCUT2D eigenvalue weighted by Crippen LogP contribution is -2.35. The van der Waals surface area contributed by atoms with Gasteiger partial charge in [-0.15, -0.1) is 0 Å². The van der Waals surface area contributed by atoms with Crippen molar-refractivity contribution in [1.29, 1.82) is 0 Å². The Bertz CT molecular complexity index is 167.